The molecule has 0 radical (unpaired) electrons. The number of anilines is 1. The first-order chi connectivity index (χ1) is 11.1. The van der Waals surface area contributed by atoms with Crippen molar-refractivity contribution in [2.75, 3.05) is 18.5 Å². The van der Waals surface area contributed by atoms with Crippen LogP contribution in [-0.4, -0.2) is 18.5 Å². The summed E-state index contributed by atoms with van der Waals surface area (Å²) in [6, 6.07) is 8.34. The Kier molecular flexibility index (Phi) is 6.70. The highest BCUT2D eigenvalue weighted by atomic mass is 31.2. The molecule has 5 heteroatoms. The van der Waals surface area contributed by atoms with Crippen molar-refractivity contribution in [1.29, 1.82) is 0 Å². The van der Waals surface area contributed by atoms with E-state index in [2.05, 4.69) is 24.4 Å². The van der Waals surface area contributed by atoms with Gasteiger partial charge in [0.2, 0.25) is 0 Å². The molecule has 23 heavy (non-hydrogen) atoms. The highest BCUT2D eigenvalue weighted by Gasteiger charge is 2.51. The average molecular weight is 339 g/mol. The molecule has 0 aromatic heterocycles. The van der Waals surface area contributed by atoms with Crippen molar-refractivity contribution in [2.24, 2.45) is 0 Å². The minimum atomic E-state index is -3.23. The maximum atomic E-state index is 13.5. The number of nitrogens with one attached hydrogen (secondary N) is 1. The van der Waals surface area contributed by atoms with Gasteiger partial charge in [0.1, 0.15) is 5.28 Å². The lowest BCUT2D eigenvalue weighted by atomic mass is 9.94. The minimum absolute atomic E-state index is 0.399. The molecule has 0 spiro atoms. The second kappa shape index (κ2) is 8.32. The van der Waals surface area contributed by atoms with Crippen molar-refractivity contribution in [2.45, 2.75) is 64.6 Å². The highest BCUT2D eigenvalue weighted by Crippen LogP contribution is 2.64. The van der Waals surface area contributed by atoms with E-state index in [1.54, 1.807) is 0 Å². The van der Waals surface area contributed by atoms with Gasteiger partial charge in [0.15, 0.2) is 0 Å². The molecule has 0 saturated heterocycles. The maximum Gasteiger partial charge on any atom is 0.355 e. The lowest BCUT2D eigenvalue weighted by molar-refractivity contribution is 0.188. The lowest BCUT2D eigenvalue weighted by Gasteiger charge is -2.42. The third kappa shape index (κ3) is 4.17. The van der Waals surface area contributed by atoms with Crippen molar-refractivity contribution in [1.82, 2.24) is 0 Å². The van der Waals surface area contributed by atoms with Crippen LogP contribution in [0, 0.1) is 0 Å². The van der Waals surface area contributed by atoms with Crippen LogP contribution in [-0.2, 0) is 20.0 Å². The van der Waals surface area contributed by atoms with Gasteiger partial charge in [-0.05, 0) is 50.8 Å². The van der Waals surface area contributed by atoms with Crippen LogP contribution in [0.4, 0.5) is 5.69 Å². The van der Waals surface area contributed by atoms with Gasteiger partial charge in [-0.25, -0.2) is 0 Å². The van der Waals surface area contributed by atoms with Crippen LogP contribution in [0.3, 0.4) is 0 Å². The predicted octanol–water partition coefficient (Wildman–Crippen LogP) is 5.59. The Balaban J connectivity index is 2.35. The summed E-state index contributed by atoms with van der Waals surface area (Å²) in [7, 11) is -3.23. The van der Waals surface area contributed by atoms with Gasteiger partial charge in [-0.3, -0.25) is 4.57 Å². The zero-order valence-corrected chi connectivity index (χ0v) is 15.5. The van der Waals surface area contributed by atoms with E-state index in [0.29, 0.717) is 13.2 Å². The summed E-state index contributed by atoms with van der Waals surface area (Å²) < 4.78 is 25.0. The molecule has 0 unspecified atom stereocenters. The molecule has 0 aliphatic heterocycles. The largest absolute Gasteiger partial charge is 0.369 e. The molecule has 0 heterocycles. The predicted molar refractivity (Wildman–Crippen MR) is 96.1 cm³/mol. The van der Waals surface area contributed by atoms with Gasteiger partial charge in [-0.2, -0.15) is 0 Å². The van der Waals surface area contributed by atoms with Gasteiger partial charge in [-0.1, -0.05) is 38.3 Å². The minimum Gasteiger partial charge on any atom is -0.369 e. The van der Waals surface area contributed by atoms with Crippen LogP contribution < -0.4 is 5.32 Å². The second-order valence-electron chi connectivity index (χ2n) is 6.10. The summed E-state index contributed by atoms with van der Waals surface area (Å²) in [6.45, 7) is 6.69. The van der Waals surface area contributed by atoms with Gasteiger partial charge in [-0.15, -0.1) is 0 Å². The van der Waals surface area contributed by atoms with Gasteiger partial charge >= 0.3 is 7.60 Å². The van der Waals surface area contributed by atoms with E-state index in [4.69, 9.17) is 9.05 Å². The number of hydrogen-bond donors (Lipinski definition) is 1. The molecule has 1 aliphatic carbocycles. The first-order valence-corrected chi connectivity index (χ1v) is 10.4. The summed E-state index contributed by atoms with van der Waals surface area (Å²) in [5.74, 6) is 0. The summed E-state index contributed by atoms with van der Waals surface area (Å²) in [5.41, 5.74) is 2.27. The Labute approximate surface area is 140 Å². The van der Waals surface area contributed by atoms with E-state index >= 15 is 0 Å². The Bertz CT molecular complexity index is 531. The van der Waals surface area contributed by atoms with Crippen molar-refractivity contribution >= 4 is 13.3 Å². The number of aryl methyl sites for hydroxylation is 1. The standard InChI is InChI=1S/C18H30NO3P/c1-4-16-11-10-12-17(15-16)19-18(13-8-7-9-14-18)23(20,21-5-2)22-6-3/h10-12,15,19H,4-9,13-14H2,1-3H3. The molecule has 1 aromatic carbocycles. The first kappa shape index (κ1) is 18.5. The van der Waals surface area contributed by atoms with E-state index in [1.165, 1.54) is 12.0 Å². The second-order valence-corrected chi connectivity index (χ2v) is 8.47. The molecular formula is C18H30NO3P. The van der Waals surface area contributed by atoms with Crippen molar-refractivity contribution in [3.05, 3.63) is 29.8 Å². The third-order valence-electron chi connectivity index (χ3n) is 4.52. The van der Waals surface area contributed by atoms with Crippen LogP contribution in [0.2, 0.25) is 0 Å². The molecule has 0 amide bonds. The molecule has 1 aliphatic rings. The smallest absolute Gasteiger partial charge is 0.355 e. The van der Waals surface area contributed by atoms with Crippen molar-refractivity contribution in [3.8, 4) is 0 Å². The zero-order chi connectivity index (χ0) is 16.8. The van der Waals surface area contributed by atoms with Crippen molar-refractivity contribution in [3.63, 3.8) is 0 Å². The van der Waals surface area contributed by atoms with Crippen LogP contribution in [0.1, 0.15) is 58.4 Å². The monoisotopic (exact) mass is 339 g/mol. The van der Waals surface area contributed by atoms with E-state index in [9.17, 15) is 4.57 Å². The van der Waals surface area contributed by atoms with Gasteiger partial charge in [0.25, 0.3) is 0 Å². The van der Waals surface area contributed by atoms with Crippen LogP contribution in [0.5, 0.6) is 0 Å². The molecule has 0 bridgehead atoms. The highest BCUT2D eigenvalue weighted by molar-refractivity contribution is 7.55. The van der Waals surface area contributed by atoms with Gasteiger partial charge < -0.3 is 14.4 Å². The summed E-state index contributed by atoms with van der Waals surface area (Å²) in [6.07, 6.45) is 5.89. The summed E-state index contributed by atoms with van der Waals surface area (Å²) in [5, 5.41) is 2.96. The zero-order valence-electron chi connectivity index (χ0n) is 14.6. The van der Waals surface area contributed by atoms with E-state index in [0.717, 1.165) is 37.8 Å². The van der Waals surface area contributed by atoms with Crippen molar-refractivity contribution < 1.29 is 13.6 Å². The SMILES string of the molecule is CCOP(=O)(OCC)C1(Nc2cccc(CC)c2)CCCCC1. The van der Waals surface area contributed by atoms with E-state index < -0.39 is 12.9 Å². The normalized spacial score (nSPS) is 17.9. The molecule has 1 N–H and O–H groups in total. The fourth-order valence-corrected chi connectivity index (χ4v) is 5.74. The Morgan fingerprint density at radius 1 is 1.09 bits per heavy atom. The van der Waals surface area contributed by atoms with Gasteiger partial charge in [0.05, 0.1) is 13.2 Å². The first-order valence-electron chi connectivity index (χ1n) is 8.85. The van der Waals surface area contributed by atoms with Crippen LogP contribution in [0.15, 0.2) is 24.3 Å². The topological polar surface area (TPSA) is 47.6 Å². The molecule has 1 aromatic rings. The molecule has 1 saturated carbocycles. The molecule has 130 valence electrons. The Hall–Kier alpha value is -0.830. The fourth-order valence-electron chi connectivity index (χ4n) is 3.37. The summed E-state index contributed by atoms with van der Waals surface area (Å²) >= 11 is 0. The molecular weight excluding hydrogens is 309 g/mol. The maximum absolute atomic E-state index is 13.5. The lowest BCUT2D eigenvalue weighted by Crippen LogP contribution is -2.41. The Morgan fingerprint density at radius 2 is 1.74 bits per heavy atom. The fraction of sp³-hybridized carbons (Fsp3) is 0.667. The number of benzene rings is 1. The molecule has 4 nitrogen and oxygen atoms in total. The Morgan fingerprint density at radius 3 is 2.30 bits per heavy atom. The number of rotatable bonds is 8. The molecule has 1 fully saturated rings. The van der Waals surface area contributed by atoms with E-state index in [-0.39, 0.29) is 0 Å². The van der Waals surface area contributed by atoms with Gasteiger partial charge in [0, 0.05) is 5.69 Å². The van der Waals surface area contributed by atoms with E-state index in [1.807, 2.05) is 26.0 Å². The van der Waals surface area contributed by atoms with Crippen LogP contribution >= 0.6 is 7.60 Å². The molecule has 2 rings (SSSR count). The quantitative estimate of drug-likeness (QED) is 0.627. The summed E-state index contributed by atoms with van der Waals surface area (Å²) in [4.78, 5) is 0. The third-order valence-corrected chi connectivity index (χ3v) is 7.32. The molecule has 0 atom stereocenters. The average Bonchev–Trinajstić information content (AvgIpc) is 2.56. The number of hydrogen-bond acceptors (Lipinski definition) is 4. The van der Waals surface area contributed by atoms with Crippen LogP contribution in [0.25, 0.3) is 0 Å².